The van der Waals surface area contributed by atoms with Crippen LogP contribution in [-0.2, 0) is 10.8 Å². The van der Waals surface area contributed by atoms with Crippen LogP contribution in [0.2, 0.25) is 0 Å². The van der Waals surface area contributed by atoms with Gasteiger partial charge in [0.05, 0.1) is 0 Å². The molecule has 232 valence electrons. The molecule has 2 aromatic carbocycles. The van der Waals surface area contributed by atoms with Crippen molar-refractivity contribution in [2.75, 3.05) is 0 Å². The number of carbonyl (C=O) groups excluding carboxylic acids is 1. The van der Waals surface area contributed by atoms with Crippen LogP contribution in [0.15, 0.2) is 101 Å². The van der Waals surface area contributed by atoms with Crippen LogP contribution < -0.4 is 0 Å². The van der Waals surface area contributed by atoms with Gasteiger partial charge in [0.1, 0.15) is 6.29 Å². The Morgan fingerprint density at radius 1 is 0.535 bits per heavy atom. The molecule has 0 N–H and O–H groups in total. The quantitative estimate of drug-likeness (QED) is 0.324. The molecular weight excluding hydrogens is 520 g/mol. The van der Waals surface area contributed by atoms with E-state index in [2.05, 4.69) is 152 Å². The Balaban J connectivity index is 0.000000248. The van der Waals surface area contributed by atoms with Gasteiger partial charge in [-0.1, -0.05) is 161 Å². The van der Waals surface area contributed by atoms with Crippen molar-refractivity contribution in [2.45, 2.75) is 114 Å². The molecule has 0 spiro atoms. The Bertz CT molecular complexity index is 1390. The van der Waals surface area contributed by atoms with Crippen molar-refractivity contribution < 1.29 is 4.79 Å². The molecule has 0 unspecified atom stereocenters. The second-order valence-electron chi connectivity index (χ2n) is 16.2. The molecule has 1 nitrogen and oxygen atoms in total. The molecule has 0 aromatic heterocycles. The topological polar surface area (TPSA) is 17.1 Å². The maximum absolute atomic E-state index is 10.4. The summed E-state index contributed by atoms with van der Waals surface area (Å²) in [6.45, 7) is 31.2. The average Bonchev–Trinajstić information content (AvgIpc) is 3.50. The maximum atomic E-state index is 10.4. The van der Waals surface area contributed by atoms with E-state index >= 15 is 0 Å². The number of hydrogen-bond acceptors (Lipinski definition) is 1. The first-order valence-electron chi connectivity index (χ1n) is 15.8. The maximum Gasteiger partial charge on any atom is 0.150 e. The normalized spacial score (nSPS) is 16.3. The fraction of sp³-hybridized carbons (Fsp3) is 0.452. The van der Waals surface area contributed by atoms with Gasteiger partial charge in [0.25, 0.3) is 0 Å². The van der Waals surface area contributed by atoms with Crippen molar-refractivity contribution >= 4 is 12.4 Å². The zero-order valence-electron chi connectivity index (χ0n) is 29.7. The SMILES string of the molecule is CC(C)(C)c1ccc(C=O)cc1.CC1=CC(C(C)(C)C)=C/C1=C/c1ccc(C(C)(C)C)cc1.CC1=CC(C(C)(C)C)=CC1. The molecule has 1 heteroatoms. The summed E-state index contributed by atoms with van der Waals surface area (Å²) >= 11 is 0. The summed E-state index contributed by atoms with van der Waals surface area (Å²) in [6.07, 6.45) is 13.6. The summed E-state index contributed by atoms with van der Waals surface area (Å²) in [5, 5.41) is 0. The Labute approximate surface area is 264 Å². The number of carbonyl (C=O) groups is 1. The van der Waals surface area contributed by atoms with E-state index in [0.29, 0.717) is 5.41 Å². The minimum Gasteiger partial charge on any atom is -0.298 e. The van der Waals surface area contributed by atoms with E-state index in [0.717, 1.165) is 18.3 Å². The summed E-state index contributed by atoms with van der Waals surface area (Å²) in [5.74, 6) is 0. The standard InChI is InChI=1S/C21H28.C11H14O.C10H16/c1-15-12-19(21(5,6)7)14-17(15)13-16-8-10-18(11-9-16)20(2,3)4;1-11(2,3)10-6-4-9(8-12)5-7-10;1-8-5-6-9(7-8)10(2,3)4/h8-14H,1-7H3;4-8H,1-3H3;6-7H,5H2,1-4H3/b17-13-;;. The number of hydrogen-bond donors (Lipinski definition) is 0. The number of aldehydes is 1. The summed E-state index contributed by atoms with van der Waals surface area (Å²) in [7, 11) is 0. The van der Waals surface area contributed by atoms with Gasteiger partial charge in [-0.15, -0.1) is 0 Å². The van der Waals surface area contributed by atoms with E-state index in [1.807, 2.05) is 24.3 Å². The molecule has 0 radical (unpaired) electrons. The number of allylic oxidation sites excluding steroid dienone is 9. The molecule has 0 bridgehead atoms. The third kappa shape index (κ3) is 11.4. The highest BCUT2D eigenvalue weighted by Gasteiger charge is 2.20. The molecular formula is C42H58O. The van der Waals surface area contributed by atoms with E-state index in [-0.39, 0.29) is 16.2 Å². The molecule has 0 amide bonds. The van der Waals surface area contributed by atoms with Crippen molar-refractivity contribution in [1.82, 2.24) is 0 Å². The van der Waals surface area contributed by atoms with Gasteiger partial charge in [-0.3, -0.25) is 4.79 Å². The van der Waals surface area contributed by atoms with Gasteiger partial charge in [0.15, 0.2) is 0 Å². The first-order valence-corrected chi connectivity index (χ1v) is 15.8. The minimum absolute atomic E-state index is 0.168. The van der Waals surface area contributed by atoms with Gasteiger partial charge in [-0.2, -0.15) is 0 Å². The molecule has 0 aliphatic heterocycles. The highest BCUT2D eigenvalue weighted by molar-refractivity contribution is 5.74. The lowest BCUT2D eigenvalue weighted by Crippen LogP contribution is -2.10. The minimum atomic E-state index is 0.168. The largest absolute Gasteiger partial charge is 0.298 e. The fourth-order valence-corrected chi connectivity index (χ4v) is 4.73. The third-order valence-corrected chi connectivity index (χ3v) is 7.93. The van der Waals surface area contributed by atoms with Crippen LogP contribution >= 0.6 is 0 Å². The van der Waals surface area contributed by atoms with Gasteiger partial charge in [0, 0.05) is 5.56 Å². The summed E-state index contributed by atoms with van der Waals surface area (Å²) in [6, 6.07) is 16.7. The second-order valence-corrected chi connectivity index (χ2v) is 16.2. The Morgan fingerprint density at radius 2 is 0.977 bits per heavy atom. The molecule has 0 atom stereocenters. The Hall–Kier alpha value is -3.19. The van der Waals surface area contributed by atoms with Crippen molar-refractivity contribution in [1.29, 1.82) is 0 Å². The van der Waals surface area contributed by atoms with Crippen molar-refractivity contribution in [3.05, 3.63) is 123 Å². The van der Waals surface area contributed by atoms with Crippen molar-refractivity contribution in [2.24, 2.45) is 10.8 Å². The molecule has 0 saturated carbocycles. The molecule has 4 rings (SSSR count). The van der Waals surface area contributed by atoms with Gasteiger partial charge in [0.2, 0.25) is 0 Å². The van der Waals surface area contributed by atoms with Crippen molar-refractivity contribution in [3.63, 3.8) is 0 Å². The lowest BCUT2D eigenvalue weighted by Gasteiger charge is -2.18. The van der Waals surface area contributed by atoms with Gasteiger partial charge >= 0.3 is 0 Å². The van der Waals surface area contributed by atoms with Crippen LogP contribution in [0.5, 0.6) is 0 Å². The second kappa shape index (κ2) is 14.1. The van der Waals surface area contributed by atoms with Crippen LogP contribution in [-0.4, -0.2) is 6.29 Å². The highest BCUT2D eigenvalue weighted by atomic mass is 16.1. The van der Waals surface area contributed by atoms with Crippen LogP contribution in [0.3, 0.4) is 0 Å². The molecule has 2 aliphatic carbocycles. The first kappa shape index (κ1) is 36.0. The van der Waals surface area contributed by atoms with E-state index in [4.69, 9.17) is 0 Å². The van der Waals surface area contributed by atoms with Gasteiger partial charge in [-0.05, 0) is 87.0 Å². The third-order valence-electron chi connectivity index (χ3n) is 7.93. The summed E-state index contributed by atoms with van der Waals surface area (Å²) < 4.78 is 0. The first-order chi connectivity index (χ1) is 19.6. The van der Waals surface area contributed by atoms with E-state index < -0.39 is 0 Å². The molecule has 43 heavy (non-hydrogen) atoms. The predicted octanol–water partition coefficient (Wildman–Crippen LogP) is 12.4. The Morgan fingerprint density at radius 3 is 1.28 bits per heavy atom. The van der Waals surface area contributed by atoms with Gasteiger partial charge < -0.3 is 0 Å². The van der Waals surface area contributed by atoms with Crippen LogP contribution in [0.1, 0.15) is 130 Å². The summed E-state index contributed by atoms with van der Waals surface area (Å²) in [4.78, 5) is 10.4. The predicted molar refractivity (Wildman–Crippen MR) is 191 cm³/mol. The molecule has 2 aliphatic rings. The van der Waals surface area contributed by atoms with Gasteiger partial charge in [-0.25, -0.2) is 0 Å². The van der Waals surface area contributed by atoms with Crippen LogP contribution in [0, 0.1) is 10.8 Å². The lowest BCUT2D eigenvalue weighted by atomic mass is 9.86. The van der Waals surface area contributed by atoms with E-state index in [9.17, 15) is 4.79 Å². The number of benzene rings is 2. The molecule has 2 aromatic rings. The number of rotatable bonds is 2. The summed E-state index contributed by atoms with van der Waals surface area (Å²) in [5.41, 5.74) is 12.7. The smallest absolute Gasteiger partial charge is 0.150 e. The van der Waals surface area contributed by atoms with E-state index in [1.165, 1.54) is 44.6 Å². The molecule has 0 saturated heterocycles. The average molecular weight is 579 g/mol. The highest BCUT2D eigenvalue weighted by Crippen LogP contribution is 2.36. The van der Waals surface area contributed by atoms with Crippen LogP contribution in [0.4, 0.5) is 0 Å². The van der Waals surface area contributed by atoms with E-state index in [1.54, 1.807) is 0 Å². The Kier molecular flexibility index (Phi) is 11.8. The zero-order chi connectivity index (χ0) is 32.8. The van der Waals surface area contributed by atoms with Crippen LogP contribution in [0.25, 0.3) is 6.08 Å². The lowest BCUT2D eigenvalue weighted by molar-refractivity contribution is 0.112. The monoisotopic (exact) mass is 578 g/mol. The zero-order valence-corrected chi connectivity index (χ0v) is 29.7. The molecule has 0 heterocycles. The molecule has 0 fully saturated rings. The van der Waals surface area contributed by atoms with Crippen molar-refractivity contribution in [3.8, 4) is 0 Å². The fourth-order valence-electron chi connectivity index (χ4n) is 4.73.